The normalized spacial score (nSPS) is 13.4. The van der Waals surface area contributed by atoms with Crippen LogP contribution in [0.1, 0.15) is 44.4 Å². The molecule has 3 aromatic rings. The lowest BCUT2D eigenvalue weighted by molar-refractivity contribution is 1.04. The SMILES string of the molecule is CC1=C(C)C([Si](c2c(N(C)C)cc(N(C)C)c(C)c2N(C)C)(c2c(N(C)C)cc(N(C)C)c(C)c2N(C)C)c2c(N(C)C)cc(N(C)C)c(C)c2N(C)C)C(C)=C1C. The minimum Gasteiger partial charge on any atom is -0.378 e. The molecular weight excluding hydrogens is 731 g/mol. The van der Waals surface area contributed by atoms with Gasteiger partial charge >= 0.3 is 0 Å². The lowest BCUT2D eigenvalue weighted by Crippen LogP contribution is -2.73. The number of nitrogens with zero attached hydrogens (tertiary/aromatic N) is 9. The Morgan fingerprint density at radius 1 is 0.310 bits per heavy atom. The summed E-state index contributed by atoms with van der Waals surface area (Å²) in [6, 6.07) is 7.47. The molecule has 0 aliphatic heterocycles. The van der Waals surface area contributed by atoms with Gasteiger partial charge in [-0.05, 0) is 110 Å². The van der Waals surface area contributed by atoms with Crippen molar-refractivity contribution < 1.29 is 0 Å². The Balaban J connectivity index is 2.84. The summed E-state index contributed by atoms with van der Waals surface area (Å²) in [5, 5.41) is 4.34. The van der Waals surface area contributed by atoms with Gasteiger partial charge in [-0.2, -0.15) is 0 Å². The summed E-state index contributed by atoms with van der Waals surface area (Å²) < 4.78 is 0. The molecule has 1 aliphatic carbocycles. The van der Waals surface area contributed by atoms with Gasteiger partial charge in [0.05, 0.1) is 0 Å². The van der Waals surface area contributed by atoms with Crippen LogP contribution in [-0.2, 0) is 0 Å². The number of hydrogen-bond acceptors (Lipinski definition) is 9. The maximum atomic E-state index is 2.49. The monoisotopic (exact) mass is 810 g/mol. The Hall–Kier alpha value is -4.44. The molecule has 4 rings (SSSR count). The number of hydrogen-bond donors (Lipinski definition) is 0. The van der Waals surface area contributed by atoms with Crippen LogP contribution in [0, 0.1) is 20.8 Å². The van der Waals surface area contributed by atoms with Gasteiger partial charge in [0.2, 0.25) is 0 Å². The fourth-order valence-electron chi connectivity index (χ4n) is 10.3. The molecule has 0 heterocycles. The minimum absolute atomic E-state index is 0.0959. The van der Waals surface area contributed by atoms with Gasteiger partial charge in [-0.25, -0.2) is 0 Å². The Morgan fingerprint density at radius 2 is 0.517 bits per heavy atom. The van der Waals surface area contributed by atoms with E-state index in [0.717, 1.165) is 0 Å². The molecule has 9 nitrogen and oxygen atoms in total. The van der Waals surface area contributed by atoms with Crippen molar-refractivity contribution in [2.75, 3.05) is 171 Å². The number of anilines is 9. The van der Waals surface area contributed by atoms with Gasteiger partial charge in [-0.3, -0.25) is 0 Å². The van der Waals surface area contributed by atoms with Crippen molar-refractivity contribution in [3.8, 4) is 0 Å². The molecule has 3 aromatic carbocycles. The van der Waals surface area contributed by atoms with E-state index in [9.17, 15) is 0 Å². The second kappa shape index (κ2) is 16.7. The van der Waals surface area contributed by atoms with Crippen LogP contribution < -0.4 is 59.7 Å². The third kappa shape index (κ3) is 7.17. The molecule has 0 atom stereocenters. The van der Waals surface area contributed by atoms with Crippen molar-refractivity contribution in [3.05, 3.63) is 57.2 Å². The summed E-state index contributed by atoms with van der Waals surface area (Å²) in [6.45, 7) is 16.7. The highest BCUT2D eigenvalue weighted by molar-refractivity contribution is 7.17. The third-order valence-electron chi connectivity index (χ3n) is 13.0. The molecule has 0 saturated carbocycles. The zero-order chi connectivity index (χ0) is 44.4. The predicted octanol–water partition coefficient (Wildman–Crippen LogP) is 6.73. The van der Waals surface area contributed by atoms with Crippen LogP contribution in [0.2, 0.25) is 5.54 Å². The Morgan fingerprint density at radius 3 is 0.690 bits per heavy atom. The van der Waals surface area contributed by atoms with E-state index in [1.807, 2.05) is 0 Å². The molecule has 0 bridgehead atoms. The zero-order valence-corrected chi connectivity index (χ0v) is 42.3. The van der Waals surface area contributed by atoms with Crippen LogP contribution in [0.5, 0.6) is 0 Å². The smallest absolute Gasteiger partial charge is 0.175 e. The lowest BCUT2D eigenvalue weighted by Gasteiger charge is -2.50. The molecule has 0 unspecified atom stereocenters. The largest absolute Gasteiger partial charge is 0.378 e. The van der Waals surface area contributed by atoms with Crippen LogP contribution in [0.15, 0.2) is 40.5 Å². The molecule has 0 amide bonds. The summed E-state index contributed by atoms with van der Waals surface area (Å²) in [5.41, 5.74) is 21.1. The Labute approximate surface area is 355 Å². The van der Waals surface area contributed by atoms with Crippen LogP contribution >= 0.6 is 0 Å². The van der Waals surface area contributed by atoms with Crippen LogP contribution in [-0.4, -0.2) is 135 Å². The quantitative estimate of drug-likeness (QED) is 0.138. The molecule has 10 heteroatoms. The maximum Gasteiger partial charge on any atom is 0.175 e. The molecule has 0 N–H and O–H groups in total. The molecule has 58 heavy (non-hydrogen) atoms. The van der Waals surface area contributed by atoms with E-state index in [4.69, 9.17) is 0 Å². The van der Waals surface area contributed by atoms with Gasteiger partial charge in [-0.15, -0.1) is 0 Å². The standard InChI is InChI=1S/C48H79N9Si/c1-29-30(2)32(4)45(31(29)3)58(46-39(52(14)15)26-36(49(8)9)33(5)42(46)55(20)21,47-40(53(16)17)27-37(50(10)11)34(6)43(47)56(22)23)48-41(54(18)19)28-38(51(12)13)35(7)44(48)57(24)25/h26-28,45H,1-25H3. The molecule has 0 aromatic heterocycles. The summed E-state index contributed by atoms with van der Waals surface area (Å²) in [5.74, 6) is 0. The Kier molecular flexibility index (Phi) is 13.3. The van der Waals surface area contributed by atoms with E-state index in [1.165, 1.54) is 106 Å². The van der Waals surface area contributed by atoms with E-state index in [2.05, 4.69) is 238 Å². The van der Waals surface area contributed by atoms with E-state index in [-0.39, 0.29) is 5.54 Å². The van der Waals surface area contributed by atoms with Crippen molar-refractivity contribution in [3.63, 3.8) is 0 Å². The topological polar surface area (TPSA) is 29.2 Å². The number of allylic oxidation sites excluding steroid dienone is 4. The average molecular weight is 810 g/mol. The number of benzene rings is 3. The molecule has 0 spiro atoms. The van der Waals surface area contributed by atoms with Gasteiger partial charge in [0, 0.05) is 184 Å². The third-order valence-corrected chi connectivity index (χ3v) is 18.6. The summed E-state index contributed by atoms with van der Waals surface area (Å²) in [4.78, 5) is 21.4. The first-order chi connectivity index (χ1) is 26.7. The van der Waals surface area contributed by atoms with Crippen molar-refractivity contribution in [2.45, 2.75) is 54.0 Å². The van der Waals surface area contributed by atoms with Gasteiger partial charge in [-0.1, -0.05) is 11.1 Å². The lowest BCUT2D eigenvalue weighted by atomic mass is 10.1. The van der Waals surface area contributed by atoms with Crippen molar-refractivity contribution >= 4 is 74.8 Å². The second-order valence-corrected chi connectivity index (χ2v) is 22.4. The summed E-state index contributed by atoms with van der Waals surface area (Å²) in [7, 11) is 36.7. The molecule has 0 saturated heterocycles. The molecule has 1 aliphatic rings. The fourth-order valence-corrected chi connectivity index (χ4v) is 18.1. The van der Waals surface area contributed by atoms with Crippen LogP contribution in [0.25, 0.3) is 0 Å². The molecular formula is C48H79N9Si. The molecule has 0 radical (unpaired) electrons. The number of rotatable bonds is 13. The average Bonchev–Trinajstić information content (AvgIpc) is 3.29. The molecule has 320 valence electrons. The highest BCUT2D eigenvalue weighted by Gasteiger charge is 2.58. The summed E-state index contributed by atoms with van der Waals surface area (Å²) in [6.07, 6.45) is 0. The van der Waals surface area contributed by atoms with Gasteiger partial charge in [0.25, 0.3) is 0 Å². The first kappa shape index (κ1) is 46.2. The highest BCUT2D eigenvalue weighted by Crippen LogP contribution is 2.53. The summed E-state index contributed by atoms with van der Waals surface area (Å²) >= 11 is 0. The zero-order valence-electron chi connectivity index (χ0n) is 41.3. The van der Waals surface area contributed by atoms with Crippen LogP contribution in [0.4, 0.5) is 51.2 Å². The van der Waals surface area contributed by atoms with Gasteiger partial charge in [0.15, 0.2) is 8.07 Å². The first-order valence-electron chi connectivity index (χ1n) is 20.7. The van der Waals surface area contributed by atoms with Crippen molar-refractivity contribution in [1.82, 2.24) is 0 Å². The van der Waals surface area contributed by atoms with E-state index in [0.29, 0.717) is 0 Å². The van der Waals surface area contributed by atoms with E-state index in [1.54, 1.807) is 0 Å². The molecule has 0 fully saturated rings. The van der Waals surface area contributed by atoms with Crippen LogP contribution in [0.3, 0.4) is 0 Å². The predicted molar refractivity (Wildman–Crippen MR) is 268 cm³/mol. The van der Waals surface area contributed by atoms with E-state index >= 15 is 0 Å². The fraction of sp³-hybridized carbons (Fsp3) is 0.542. The minimum atomic E-state index is -3.53. The van der Waals surface area contributed by atoms with Gasteiger partial charge < -0.3 is 44.1 Å². The van der Waals surface area contributed by atoms with Crippen molar-refractivity contribution in [1.29, 1.82) is 0 Å². The van der Waals surface area contributed by atoms with Crippen molar-refractivity contribution in [2.24, 2.45) is 0 Å². The second-order valence-electron chi connectivity index (χ2n) is 18.7. The van der Waals surface area contributed by atoms with Gasteiger partial charge in [0.1, 0.15) is 0 Å². The Bertz CT molecular complexity index is 1900. The maximum absolute atomic E-state index is 3.53. The highest BCUT2D eigenvalue weighted by atomic mass is 28.3. The first-order valence-corrected chi connectivity index (χ1v) is 22.7. The van der Waals surface area contributed by atoms with E-state index < -0.39 is 8.07 Å².